The molecule has 92 valence electrons. The van der Waals surface area contributed by atoms with Gasteiger partial charge < -0.3 is 0 Å². The summed E-state index contributed by atoms with van der Waals surface area (Å²) in [6, 6.07) is 0. The van der Waals surface area contributed by atoms with E-state index in [2.05, 4.69) is 47.2 Å². The molecule has 1 heteroatoms. The van der Waals surface area contributed by atoms with Crippen molar-refractivity contribution in [1.29, 1.82) is 0 Å². The van der Waals surface area contributed by atoms with Gasteiger partial charge in [-0.05, 0) is 18.3 Å². The molecule has 0 heterocycles. The number of hydrogen-bond acceptors (Lipinski definition) is 1. The van der Waals surface area contributed by atoms with Crippen LogP contribution in [0.15, 0.2) is 0 Å². The van der Waals surface area contributed by atoms with Gasteiger partial charge in [-0.3, -0.25) is 0 Å². The monoisotopic (exact) mass is 230 g/mol. The van der Waals surface area contributed by atoms with Crippen LogP contribution >= 0.6 is 12.6 Å². The molecular formula is C14H30S. The Kier molecular flexibility index (Phi) is 6.99. The first-order valence-corrected chi connectivity index (χ1v) is 6.94. The molecule has 0 radical (unpaired) electrons. The van der Waals surface area contributed by atoms with Crippen molar-refractivity contribution in [3.05, 3.63) is 0 Å². The van der Waals surface area contributed by atoms with Gasteiger partial charge in [0.2, 0.25) is 0 Å². The van der Waals surface area contributed by atoms with E-state index in [0.717, 1.165) is 0 Å². The molecule has 0 aliphatic heterocycles. The Balaban J connectivity index is 3.65. The topological polar surface area (TPSA) is 0 Å². The molecule has 0 aliphatic rings. The molecule has 0 bridgehead atoms. The van der Waals surface area contributed by atoms with Crippen molar-refractivity contribution in [2.24, 2.45) is 5.41 Å². The van der Waals surface area contributed by atoms with Gasteiger partial charge >= 0.3 is 0 Å². The van der Waals surface area contributed by atoms with Crippen LogP contribution in [0.2, 0.25) is 0 Å². The predicted octanol–water partition coefficient (Wildman–Crippen LogP) is 5.47. The smallest absolute Gasteiger partial charge is 0.00782 e. The lowest BCUT2D eigenvalue weighted by molar-refractivity contribution is 0.270. The zero-order valence-corrected chi connectivity index (χ0v) is 12.3. The summed E-state index contributed by atoms with van der Waals surface area (Å²) in [4.78, 5) is 0. The minimum Gasteiger partial charge on any atom is -0.173 e. The summed E-state index contributed by atoms with van der Waals surface area (Å²) in [5.41, 5.74) is 0.456. The number of unbranched alkanes of at least 4 members (excludes halogenated alkanes) is 4. The maximum atomic E-state index is 4.63. The molecule has 0 rings (SSSR count). The van der Waals surface area contributed by atoms with Gasteiger partial charge in [-0.15, -0.1) is 0 Å². The van der Waals surface area contributed by atoms with Gasteiger partial charge in [0.25, 0.3) is 0 Å². The fourth-order valence-corrected chi connectivity index (χ4v) is 2.89. The highest BCUT2D eigenvalue weighted by Crippen LogP contribution is 2.35. The summed E-state index contributed by atoms with van der Waals surface area (Å²) in [7, 11) is 0. The molecule has 0 N–H and O–H groups in total. The van der Waals surface area contributed by atoms with Crippen LogP contribution in [0, 0.1) is 5.41 Å². The summed E-state index contributed by atoms with van der Waals surface area (Å²) < 4.78 is 0.174. The Hall–Kier alpha value is 0.350. The highest BCUT2D eigenvalue weighted by atomic mass is 32.1. The Morgan fingerprint density at radius 2 is 1.40 bits per heavy atom. The zero-order valence-electron chi connectivity index (χ0n) is 11.4. The van der Waals surface area contributed by atoms with E-state index in [4.69, 9.17) is 0 Å². The molecule has 0 aromatic heterocycles. The second-order valence-corrected chi connectivity index (χ2v) is 7.53. The third kappa shape index (κ3) is 10.6. The number of hydrogen-bond donors (Lipinski definition) is 1. The third-order valence-electron chi connectivity index (χ3n) is 2.87. The highest BCUT2D eigenvalue weighted by molar-refractivity contribution is 7.81. The lowest BCUT2D eigenvalue weighted by Gasteiger charge is -2.31. The minimum absolute atomic E-state index is 0.174. The zero-order chi connectivity index (χ0) is 11.9. The van der Waals surface area contributed by atoms with Crippen LogP contribution < -0.4 is 0 Å². The molecule has 0 unspecified atom stereocenters. The predicted molar refractivity (Wildman–Crippen MR) is 74.8 cm³/mol. The molecule has 0 aromatic rings. The largest absolute Gasteiger partial charge is 0.173 e. The number of rotatable bonds is 8. The molecule has 0 aliphatic carbocycles. The molecular weight excluding hydrogens is 200 g/mol. The Bertz CT molecular complexity index is 153. The van der Waals surface area contributed by atoms with Gasteiger partial charge in [-0.2, -0.15) is 12.6 Å². The van der Waals surface area contributed by atoms with Crippen LogP contribution in [0.3, 0.4) is 0 Å². The van der Waals surface area contributed by atoms with Crippen LogP contribution in [0.1, 0.15) is 79.6 Å². The molecule has 15 heavy (non-hydrogen) atoms. The molecule has 0 saturated carbocycles. The quantitative estimate of drug-likeness (QED) is 0.415. The minimum atomic E-state index is 0.174. The maximum Gasteiger partial charge on any atom is 0.00782 e. The average molecular weight is 230 g/mol. The lowest BCUT2D eigenvalue weighted by Crippen LogP contribution is -2.23. The SMILES string of the molecule is CCCCCCCC(C)(C)CC(C)(C)S. The first-order chi connectivity index (χ1) is 6.77. The molecule has 0 spiro atoms. The molecule has 0 atom stereocenters. The molecule has 0 nitrogen and oxygen atoms in total. The summed E-state index contributed by atoms with van der Waals surface area (Å²) in [6.45, 7) is 11.5. The van der Waals surface area contributed by atoms with Gasteiger partial charge in [-0.1, -0.05) is 66.7 Å². The van der Waals surface area contributed by atoms with E-state index >= 15 is 0 Å². The van der Waals surface area contributed by atoms with Gasteiger partial charge in [0.1, 0.15) is 0 Å². The van der Waals surface area contributed by atoms with Crippen LogP contribution in [-0.2, 0) is 0 Å². The van der Waals surface area contributed by atoms with Crippen molar-refractivity contribution >= 4 is 12.6 Å². The van der Waals surface area contributed by atoms with E-state index in [9.17, 15) is 0 Å². The van der Waals surface area contributed by atoms with Crippen molar-refractivity contribution in [2.45, 2.75) is 84.3 Å². The molecule has 0 aromatic carbocycles. The third-order valence-corrected chi connectivity index (χ3v) is 3.03. The van der Waals surface area contributed by atoms with Gasteiger partial charge in [0.05, 0.1) is 0 Å². The van der Waals surface area contributed by atoms with E-state index < -0.39 is 0 Å². The van der Waals surface area contributed by atoms with E-state index in [0.29, 0.717) is 5.41 Å². The second-order valence-electron chi connectivity index (χ2n) is 6.32. The van der Waals surface area contributed by atoms with Gasteiger partial charge in [0, 0.05) is 4.75 Å². The van der Waals surface area contributed by atoms with Crippen molar-refractivity contribution in [1.82, 2.24) is 0 Å². The van der Waals surface area contributed by atoms with Crippen LogP contribution in [0.4, 0.5) is 0 Å². The summed E-state index contributed by atoms with van der Waals surface area (Å²) in [5, 5.41) is 0. The highest BCUT2D eigenvalue weighted by Gasteiger charge is 2.25. The summed E-state index contributed by atoms with van der Waals surface area (Å²) in [5.74, 6) is 0. The lowest BCUT2D eigenvalue weighted by atomic mass is 9.79. The van der Waals surface area contributed by atoms with E-state index in [1.165, 1.54) is 44.9 Å². The standard InChI is InChI=1S/C14H30S/c1-6-7-8-9-10-11-13(2,3)12-14(4,5)15/h15H,6-12H2,1-5H3. The average Bonchev–Trinajstić information content (AvgIpc) is 1.99. The fraction of sp³-hybridized carbons (Fsp3) is 1.00. The van der Waals surface area contributed by atoms with Gasteiger partial charge in [-0.25, -0.2) is 0 Å². The summed E-state index contributed by atoms with van der Waals surface area (Å²) in [6.07, 6.45) is 9.50. The first-order valence-electron chi connectivity index (χ1n) is 6.49. The molecule has 0 amide bonds. The van der Waals surface area contributed by atoms with Crippen LogP contribution in [-0.4, -0.2) is 4.75 Å². The van der Waals surface area contributed by atoms with Gasteiger partial charge in [0.15, 0.2) is 0 Å². The first kappa shape index (κ1) is 15.3. The second kappa shape index (κ2) is 6.83. The molecule has 0 fully saturated rings. The normalized spacial score (nSPS) is 13.2. The number of thiol groups is 1. The Morgan fingerprint density at radius 3 is 1.87 bits per heavy atom. The Morgan fingerprint density at radius 1 is 0.867 bits per heavy atom. The van der Waals surface area contributed by atoms with E-state index in [-0.39, 0.29) is 4.75 Å². The maximum absolute atomic E-state index is 4.63. The van der Waals surface area contributed by atoms with Crippen molar-refractivity contribution < 1.29 is 0 Å². The van der Waals surface area contributed by atoms with Crippen molar-refractivity contribution in [3.8, 4) is 0 Å². The molecule has 0 saturated heterocycles. The van der Waals surface area contributed by atoms with Crippen molar-refractivity contribution in [3.63, 3.8) is 0 Å². The van der Waals surface area contributed by atoms with E-state index in [1.807, 2.05) is 0 Å². The van der Waals surface area contributed by atoms with E-state index in [1.54, 1.807) is 0 Å². The summed E-state index contributed by atoms with van der Waals surface area (Å²) >= 11 is 4.63. The van der Waals surface area contributed by atoms with Crippen molar-refractivity contribution in [2.75, 3.05) is 0 Å². The fourth-order valence-electron chi connectivity index (χ4n) is 2.47. The van der Waals surface area contributed by atoms with Crippen LogP contribution in [0.5, 0.6) is 0 Å². The Labute approximate surface area is 103 Å². The van der Waals surface area contributed by atoms with Crippen LogP contribution in [0.25, 0.3) is 0 Å².